The molecule has 4 nitrogen and oxygen atoms in total. The smallest absolute Gasteiger partial charge is 0.250 e. The number of thiophene rings is 1. The van der Waals surface area contributed by atoms with Crippen molar-refractivity contribution in [1.29, 1.82) is 0 Å². The Balaban J connectivity index is 2.63. The summed E-state index contributed by atoms with van der Waals surface area (Å²) in [4.78, 5) is 1.09. The number of hydrogen-bond acceptors (Lipinski definition) is 5. The van der Waals surface area contributed by atoms with Gasteiger partial charge in [-0.3, -0.25) is 0 Å². The second kappa shape index (κ2) is 8.26. The highest BCUT2D eigenvalue weighted by molar-refractivity contribution is 7.99. The van der Waals surface area contributed by atoms with E-state index in [1.54, 1.807) is 17.8 Å². The fourth-order valence-electron chi connectivity index (χ4n) is 1.54. The van der Waals surface area contributed by atoms with Crippen LogP contribution in [0.4, 0.5) is 0 Å². The molecule has 110 valence electrons. The van der Waals surface area contributed by atoms with E-state index < -0.39 is 10.0 Å². The van der Waals surface area contributed by atoms with Gasteiger partial charge in [0.2, 0.25) is 10.0 Å². The third kappa shape index (κ3) is 5.83. The van der Waals surface area contributed by atoms with Crippen molar-refractivity contribution in [3.05, 3.63) is 17.0 Å². The van der Waals surface area contributed by atoms with Gasteiger partial charge in [-0.1, -0.05) is 6.92 Å². The molecule has 0 bridgehead atoms. The predicted molar refractivity (Wildman–Crippen MR) is 84.7 cm³/mol. The Kier molecular flexibility index (Phi) is 7.38. The van der Waals surface area contributed by atoms with Gasteiger partial charge in [0.1, 0.15) is 4.21 Å². The second-order valence-electron chi connectivity index (χ2n) is 4.26. The van der Waals surface area contributed by atoms with Gasteiger partial charge in [-0.05, 0) is 44.8 Å². The highest BCUT2D eigenvalue weighted by Gasteiger charge is 2.19. The van der Waals surface area contributed by atoms with Crippen molar-refractivity contribution in [2.45, 2.75) is 30.5 Å². The summed E-state index contributed by atoms with van der Waals surface area (Å²) in [6, 6.07) is 3.54. The number of hydrogen-bond donors (Lipinski definition) is 2. The predicted octanol–water partition coefficient (Wildman–Crippen LogP) is 1.93. The number of nitrogens with one attached hydrogen (secondary N) is 2. The summed E-state index contributed by atoms with van der Waals surface area (Å²) in [6.45, 7) is 4.83. The molecule has 0 aromatic carbocycles. The first-order chi connectivity index (χ1) is 8.99. The molecule has 0 spiro atoms. The van der Waals surface area contributed by atoms with E-state index in [0.29, 0.717) is 4.21 Å². The molecule has 0 aliphatic carbocycles. The van der Waals surface area contributed by atoms with Crippen molar-refractivity contribution in [2.75, 3.05) is 25.1 Å². The fourth-order valence-corrected chi connectivity index (χ4v) is 4.93. The second-order valence-corrected chi connectivity index (χ2v) is 8.68. The minimum absolute atomic E-state index is 0.0437. The van der Waals surface area contributed by atoms with Gasteiger partial charge < -0.3 is 5.32 Å². The van der Waals surface area contributed by atoms with Crippen LogP contribution < -0.4 is 10.0 Å². The first-order valence-corrected chi connectivity index (χ1v) is 9.78. The van der Waals surface area contributed by atoms with Crippen LogP contribution in [0.15, 0.2) is 16.3 Å². The van der Waals surface area contributed by atoms with Crippen LogP contribution in [0.25, 0.3) is 0 Å². The molecular weight excluding hydrogens is 300 g/mol. The van der Waals surface area contributed by atoms with Crippen molar-refractivity contribution in [1.82, 2.24) is 10.0 Å². The molecule has 1 heterocycles. The maximum Gasteiger partial charge on any atom is 0.250 e. The average Bonchev–Trinajstić information content (AvgIpc) is 2.83. The zero-order valence-electron chi connectivity index (χ0n) is 11.6. The molecule has 0 aliphatic heterocycles. The van der Waals surface area contributed by atoms with Gasteiger partial charge in [-0.2, -0.15) is 11.8 Å². The largest absolute Gasteiger partial charge is 0.319 e. The summed E-state index contributed by atoms with van der Waals surface area (Å²) in [5.41, 5.74) is 0. The summed E-state index contributed by atoms with van der Waals surface area (Å²) in [7, 11) is -1.47. The summed E-state index contributed by atoms with van der Waals surface area (Å²) in [6.07, 6.45) is 0.859. The van der Waals surface area contributed by atoms with Crippen molar-refractivity contribution in [3.63, 3.8) is 0 Å². The van der Waals surface area contributed by atoms with E-state index in [9.17, 15) is 8.42 Å². The molecule has 1 aromatic rings. The van der Waals surface area contributed by atoms with E-state index in [2.05, 4.69) is 17.0 Å². The number of thioether (sulfide) groups is 1. The monoisotopic (exact) mass is 322 g/mol. The molecule has 1 unspecified atom stereocenters. The van der Waals surface area contributed by atoms with Crippen LogP contribution in [0.5, 0.6) is 0 Å². The quantitative estimate of drug-likeness (QED) is 0.729. The summed E-state index contributed by atoms with van der Waals surface area (Å²) < 4.78 is 27.5. The SMILES string of the molecule is CCSCC(C)NS(=O)(=O)c1ccc(CCNC)s1. The third-order valence-corrected chi connectivity index (χ3v) is 6.82. The van der Waals surface area contributed by atoms with E-state index in [0.717, 1.165) is 29.3 Å². The van der Waals surface area contributed by atoms with Gasteiger partial charge in [0.15, 0.2) is 0 Å². The van der Waals surface area contributed by atoms with Gasteiger partial charge in [0.25, 0.3) is 0 Å². The van der Waals surface area contributed by atoms with Crippen LogP contribution >= 0.6 is 23.1 Å². The minimum Gasteiger partial charge on any atom is -0.319 e. The first-order valence-electron chi connectivity index (χ1n) is 6.33. The van der Waals surface area contributed by atoms with Crippen molar-refractivity contribution < 1.29 is 8.42 Å². The molecule has 0 aliphatic rings. The Morgan fingerprint density at radius 1 is 1.42 bits per heavy atom. The van der Waals surface area contributed by atoms with Crippen molar-refractivity contribution >= 4 is 33.1 Å². The number of sulfonamides is 1. The van der Waals surface area contributed by atoms with Crippen LogP contribution in [-0.4, -0.2) is 39.6 Å². The minimum atomic E-state index is -3.36. The van der Waals surface area contributed by atoms with Crippen molar-refractivity contribution in [2.24, 2.45) is 0 Å². The lowest BCUT2D eigenvalue weighted by Crippen LogP contribution is -2.33. The van der Waals surface area contributed by atoms with Gasteiger partial charge in [-0.25, -0.2) is 13.1 Å². The lowest BCUT2D eigenvalue weighted by atomic mass is 10.3. The van der Waals surface area contributed by atoms with Crippen LogP contribution in [0.1, 0.15) is 18.7 Å². The van der Waals surface area contributed by atoms with Crippen LogP contribution in [-0.2, 0) is 16.4 Å². The van der Waals surface area contributed by atoms with Gasteiger partial charge in [-0.15, -0.1) is 11.3 Å². The number of rotatable bonds is 9. The van der Waals surface area contributed by atoms with Gasteiger partial charge in [0.05, 0.1) is 0 Å². The molecule has 1 atom stereocenters. The number of likely N-dealkylation sites (N-methyl/N-ethyl adjacent to an activating group) is 1. The van der Waals surface area contributed by atoms with E-state index in [4.69, 9.17) is 0 Å². The van der Waals surface area contributed by atoms with E-state index in [1.807, 2.05) is 20.0 Å². The fraction of sp³-hybridized carbons (Fsp3) is 0.667. The molecule has 1 aromatic heterocycles. The molecule has 0 radical (unpaired) electrons. The molecule has 19 heavy (non-hydrogen) atoms. The summed E-state index contributed by atoms with van der Waals surface area (Å²) in [5, 5.41) is 3.06. The Morgan fingerprint density at radius 3 is 2.79 bits per heavy atom. The molecular formula is C12H22N2O2S3. The molecule has 0 saturated carbocycles. The molecule has 2 N–H and O–H groups in total. The normalized spacial score (nSPS) is 13.6. The van der Waals surface area contributed by atoms with E-state index in [-0.39, 0.29) is 6.04 Å². The lowest BCUT2D eigenvalue weighted by Gasteiger charge is -2.12. The standard InChI is InChI=1S/C12H22N2O2S3/c1-4-17-9-10(2)14-19(15,16)12-6-5-11(18-12)7-8-13-3/h5-6,10,13-14H,4,7-9H2,1-3H3. The molecule has 0 fully saturated rings. The Morgan fingerprint density at radius 2 is 2.16 bits per heavy atom. The zero-order valence-corrected chi connectivity index (χ0v) is 14.1. The molecule has 7 heteroatoms. The maximum atomic E-state index is 12.2. The third-order valence-electron chi connectivity index (χ3n) is 2.45. The lowest BCUT2D eigenvalue weighted by molar-refractivity contribution is 0.573. The molecule has 1 rings (SSSR count). The Hall–Kier alpha value is -0.0800. The van der Waals surface area contributed by atoms with E-state index >= 15 is 0 Å². The van der Waals surface area contributed by atoms with Gasteiger partial charge in [0, 0.05) is 16.7 Å². The highest BCUT2D eigenvalue weighted by Crippen LogP contribution is 2.22. The van der Waals surface area contributed by atoms with E-state index in [1.165, 1.54) is 11.3 Å². The molecule has 0 saturated heterocycles. The topological polar surface area (TPSA) is 58.2 Å². The maximum absolute atomic E-state index is 12.2. The van der Waals surface area contributed by atoms with Crippen LogP contribution in [0, 0.1) is 0 Å². The first kappa shape index (κ1) is 17.0. The highest BCUT2D eigenvalue weighted by atomic mass is 32.2. The van der Waals surface area contributed by atoms with Crippen LogP contribution in [0.3, 0.4) is 0 Å². The summed E-state index contributed by atoms with van der Waals surface area (Å²) >= 11 is 3.08. The van der Waals surface area contributed by atoms with Gasteiger partial charge >= 0.3 is 0 Å². The van der Waals surface area contributed by atoms with Crippen LogP contribution in [0.2, 0.25) is 0 Å². The van der Waals surface area contributed by atoms with Crippen molar-refractivity contribution in [3.8, 4) is 0 Å². The average molecular weight is 323 g/mol. The molecule has 0 amide bonds. The Bertz CT molecular complexity index is 471. The summed E-state index contributed by atoms with van der Waals surface area (Å²) in [5.74, 6) is 1.80. The zero-order chi connectivity index (χ0) is 14.3. The Labute approximate surface area is 124 Å².